The van der Waals surface area contributed by atoms with Crippen LogP contribution >= 0.6 is 0 Å². The summed E-state index contributed by atoms with van der Waals surface area (Å²) in [7, 11) is 0. The van der Waals surface area contributed by atoms with Gasteiger partial charge in [-0.05, 0) is 11.6 Å². The van der Waals surface area contributed by atoms with E-state index in [1.54, 1.807) is 0 Å². The minimum absolute atomic E-state index is 0.0876. The monoisotopic (exact) mass is 256 g/mol. The van der Waals surface area contributed by atoms with Crippen LogP contribution in [0.4, 0.5) is 13.2 Å². The van der Waals surface area contributed by atoms with Gasteiger partial charge in [0.25, 0.3) is 0 Å². The molecule has 0 spiro atoms. The molecule has 0 bridgehead atoms. The zero-order valence-corrected chi connectivity index (χ0v) is 8.82. The van der Waals surface area contributed by atoms with Crippen LogP contribution in [0.5, 0.6) is 0 Å². The first-order chi connectivity index (χ1) is 8.41. The number of carboxylic acids is 1. The maximum absolute atomic E-state index is 12.8. The van der Waals surface area contributed by atoms with Gasteiger partial charge in [0.15, 0.2) is 5.69 Å². The summed E-state index contributed by atoms with van der Waals surface area (Å²) in [4.78, 5) is 10.9. The lowest BCUT2D eigenvalue weighted by atomic mass is 10.00. The fraction of sp³-hybridized carbons (Fsp3) is 0.0909. The summed E-state index contributed by atoms with van der Waals surface area (Å²) in [5.74, 6) is -1.36. The van der Waals surface area contributed by atoms with Gasteiger partial charge in [0.2, 0.25) is 0 Å². The van der Waals surface area contributed by atoms with Crippen LogP contribution in [0.2, 0.25) is 0 Å². The minimum atomic E-state index is -4.55. The van der Waals surface area contributed by atoms with Crippen molar-refractivity contribution >= 4 is 5.97 Å². The maximum Gasteiger partial charge on any atom is 0.417 e. The number of hydrogen-bond donors (Lipinski definition) is 2. The first-order valence-electron chi connectivity index (χ1n) is 4.84. The van der Waals surface area contributed by atoms with Gasteiger partial charge in [0, 0.05) is 5.56 Å². The predicted molar refractivity (Wildman–Crippen MR) is 56.0 cm³/mol. The standard InChI is InChI=1S/C11H7F3N2O2/c12-11(13,14)8-4-2-1-3-6(8)7-5-15-16-9(7)10(17)18/h1-5H,(H,15,16)(H,17,18). The van der Waals surface area contributed by atoms with E-state index in [0.717, 1.165) is 12.3 Å². The van der Waals surface area contributed by atoms with E-state index in [-0.39, 0.29) is 16.8 Å². The molecular weight excluding hydrogens is 249 g/mol. The summed E-state index contributed by atoms with van der Waals surface area (Å²) >= 11 is 0. The number of halogens is 3. The maximum atomic E-state index is 12.8. The highest BCUT2D eigenvalue weighted by atomic mass is 19.4. The predicted octanol–water partition coefficient (Wildman–Crippen LogP) is 2.79. The molecule has 0 radical (unpaired) electrons. The molecular formula is C11H7F3N2O2. The van der Waals surface area contributed by atoms with E-state index in [9.17, 15) is 18.0 Å². The van der Waals surface area contributed by atoms with Crippen molar-refractivity contribution in [2.24, 2.45) is 0 Å². The van der Waals surface area contributed by atoms with Crippen LogP contribution in [0.25, 0.3) is 11.1 Å². The Balaban J connectivity index is 2.65. The first-order valence-corrected chi connectivity index (χ1v) is 4.84. The molecule has 0 saturated carbocycles. The van der Waals surface area contributed by atoms with Crippen LogP contribution in [0.1, 0.15) is 16.1 Å². The molecule has 7 heteroatoms. The third-order valence-corrected chi connectivity index (χ3v) is 2.38. The number of carbonyl (C=O) groups is 1. The van der Waals surface area contributed by atoms with Gasteiger partial charge < -0.3 is 5.11 Å². The van der Waals surface area contributed by atoms with Crippen LogP contribution in [-0.2, 0) is 6.18 Å². The second-order valence-electron chi connectivity index (χ2n) is 3.51. The largest absolute Gasteiger partial charge is 0.477 e. The van der Waals surface area contributed by atoms with Crippen LogP contribution in [0.3, 0.4) is 0 Å². The highest BCUT2D eigenvalue weighted by molar-refractivity contribution is 5.94. The number of aromatic carboxylic acids is 1. The van der Waals surface area contributed by atoms with E-state index in [2.05, 4.69) is 10.2 Å². The van der Waals surface area contributed by atoms with Gasteiger partial charge in [-0.15, -0.1) is 0 Å². The van der Waals surface area contributed by atoms with Crippen molar-refractivity contribution in [2.45, 2.75) is 6.18 Å². The fourth-order valence-corrected chi connectivity index (χ4v) is 1.62. The van der Waals surface area contributed by atoms with E-state index in [0.29, 0.717) is 0 Å². The lowest BCUT2D eigenvalue weighted by molar-refractivity contribution is -0.137. The van der Waals surface area contributed by atoms with Crippen molar-refractivity contribution in [2.75, 3.05) is 0 Å². The Hall–Kier alpha value is -2.31. The normalized spacial score (nSPS) is 11.5. The number of alkyl halides is 3. The number of aromatic nitrogens is 2. The molecule has 0 saturated heterocycles. The number of carboxylic acid groups (broad SMARTS) is 1. The first kappa shape index (κ1) is 12.2. The van der Waals surface area contributed by atoms with E-state index in [1.807, 2.05) is 0 Å². The Kier molecular flexibility index (Phi) is 2.82. The van der Waals surface area contributed by atoms with Crippen molar-refractivity contribution in [1.29, 1.82) is 0 Å². The molecule has 0 amide bonds. The van der Waals surface area contributed by atoms with Crippen LogP contribution in [0.15, 0.2) is 30.5 Å². The lowest BCUT2D eigenvalue weighted by Crippen LogP contribution is -2.08. The summed E-state index contributed by atoms with van der Waals surface area (Å²) < 4.78 is 38.4. The van der Waals surface area contributed by atoms with Gasteiger partial charge in [0.1, 0.15) is 0 Å². The molecule has 1 aromatic carbocycles. The van der Waals surface area contributed by atoms with E-state index >= 15 is 0 Å². The van der Waals surface area contributed by atoms with E-state index in [1.165, 1.54) is 18.2 Å². The van der Waals surface area contributed by atoms with Crippen LogP contribution in [-0.4, -0.2) is 21.3 Å². The van der Waals surface area contributed by atoms with Gasteiger partial charge in [-0.3, -0.25) is 5.10 Å². The Morgan fingerprint density at radius 2 is 1.89 bits per heavy atom. The number of aromatic amines is 1. The highest BCUT2D eigenvalue weighted by Crippen LogP contribution is 2.37. The number of hydrogen-bond acceptors (Lipinski definition) is 2. The van der Waals surface area contributed by atoms with Crippen molar-refractivity contribution in [3.05, 3.63) is 41.7 Å². The summed E-state index contributed by atoms with van der Waals surface area (Å²) in [6.07, 6.45) is -3.49. The molecule has 0 aliphatic heterocycles. The number of nitrogens with zero attached hydrogens (tertiary/aromatic N) is 1. The van der Waals surface area contributed by atoms with Crippen molar-refractivity contribution < 1.29 is 23.1 Å². The zero-order chi connectivity index (χ0) is 13.3. The summed E-state index contributed by atoms with van der Waals surface area (Å²) in [5.41, 5.74) is -1.56. The molecule has 0 fully saturated rings. The van der Waals surface area contributed by atoms with Gasteiger partial charge in [-0.1, -0.05) is 18.2 Å². The van der Waals surface area contributed by atoms with Crippen molar-refractivity contribution in [3.8, 4) is 11.1 Å². The average molecular weight is 256 g/mol. The van der Waals surface area contributed by atoms with Crippen molar-refractivity contribution in [3.63, 3.8) is 0 Å². The molecule has 0 aliphatic carbocycles. The molecule has 0 aliphatic rings. The third-order valence-electron chi connectivity index (χ3n) is 2.38. The second kappa shape index (κ2) is 4.17. The zero-order valence-electron chi connectivity index (χ0n) is 8.82. The summed E-state index contributed by atoms with van der Waals surface area (Å²) in [5, 5.41) is 14.5. The lowest BCUT2D eigenvalue weighted by Gasteiger charge is -2.11. The topological polar surface area (TPSA) is 66.0 Å². The molecule has 2 aromatic rings. The number of rotatable bonds is 2. The molecule has 0 unspecified atom stereocenters. The molecule has 1 aromatic heterocycles. The minimum Gasteiger partial charge on any atom is -0.477 e. The summed E-state index contributed by atoms with van der Waals surface area (Å²) in [6, 6.07) is 4.75. The molecule has 2 N–H and O–H groups in total. The Morgan fingerprint density at radius 1 is 1.22 bits per heavy atom. The Bertz CT molecular complexity index is 590. The quantitative estimate of drug-likeness (QED) is 0.868. The number of H-pyrrole nitrogens is 1. The third kappa shape index (κ3) is 2.06. The smallest absolute Gasteiger partial charge is 0.417 e. The van der Waals surface area contributed by atoms with Gasteiger partial charge in [-0.25, -0.2) is 4.79 Å². The summed E-state index contributed by atoms with van der Waals surface area (Å²) in [6.45, 7) is 0. The molecule has 2 rings (SSSR count). The van der Waals surface area contributed by atoms with Crippen LogP contribution in [0, 0.1) is 0 Å². The molecule has 0 atom stereocenters. The van der Waals surface area contributed by atoms with E-state index < -0.39 is 17.7 Å². The second-order valence-corrected chi connectivity index (χ2v) is 3.51. The van der Waals surface area contributed by atoms with Gasteiger partial charge in [0.05, 0.1) is 11.8 Å². The average Bonchev–Trinajstić information content (AvgIpc) is 2.76. The number of benzene rings is 1. The molecule has 18 heavy (non-hydrogen) atoms. The SMILES string of the molecule is O=C(O)c1[nH]ncc1-c1ccccc1C(F)(F)F. The van der Waals surface area contributed by atoms with Crippen molar-refractivity contribution in [1.82, 2.24) is 10.2 Å². The highest BCUT2D eigenvalue weighted by Gasteiger charge is 2.34. The number of nitrogens with one attached hydrogen (secondary N) is 1. The molecule has 94 valence electrons. The Labute approximate surface area is 99.1 Å². The van der Waals surface area contributed by atoms with Gasteiger partial charge >= 0.3 is 12.1 Å². The van der Waals surface area contributed by atoms with E-state index in [4.69, 9.17) is 5.11 Å². The Morgan fingerprint density at radius 3 is 2.50 bits per heavy atom. The molecule has 4 nitrogen and oxygen atoms in total. The van der Waals surface area contributed by atoms with Gasteiger partial charge in [-0.2, -0.15) is 18.3 Å². The van der Waals surface area contributed by atoms with Crippen LogP contribution < -0.4 is 0 Å². The molecule has 1 heterocycles. The fourth-order valence-electron chi connectivity index (χ4n) is 1.62.